The highest BCUT2D eigenvalue weighted by Gasteiger charge is 2.29. The van der Waals surface area contributed by atoms with Crippen LogP contribution in [0.5, 0.6) is 0 Å². The van der Waals surface area contributed by atoms with E-state index in [9.17, 15) is 9.46 Å². The molecule has 0 aliphatic rings. The van der Waals surface area contributed by atoms with Crippen LogP contribution in [0.15, 0.2) is 30.3 Å². The van der Waals surface area contributed by atoms with Crippen molar-refractivity contribution in [3.05, 3.63) is 35.9 Å². The Hall–Kier alpha value is -0.670. The van der Waals surface area contributed by atoms with Crippen molar-refractivity contribution in [1.82, 2.24) is 0 Å². The number of hydrogen-bond acceptors (Lipinski definition) is 3. The molecule has 0 aromatic heterocycles. The molecule has 3 N–H and O–H groups in total. The van der Waals surface area contributed by atoms with Crippen LogP contribution in [0.3, 0.4) is 0 Å². The van der Waals surface area contributed by atoms with Crippen molar-refractivity contribution in [1.29, 1.82) is 0 Å². The van der Waals surface area contributed by atoms with E-state index in [1.165, 1.54) is 0 Å². The van der Waals surface area contributed by atoms with Crippen LogP contribution in [0.2, 0.25) is 0 Å². The second kappa shape index (κ2) is 4.71. The van der Waals surface area contributed by atoms with E-state index in [2.05, 4.69) is 0 Å². The van der Waals surface area contributed by atoms with Gasteiger partial charge in [-0.25, -0.2) is 0 Å². The van der Waals surface area contributed by atoms with Gasteiger partial charge in [-0.15, -0.1) is 0 Å². The molecule has 5 heteroatoms. The summed E-state index contributed by atoms with van der Waals surface area (Å²) >= 11 is 0. The van der Waals surface area contributed by atoms with Gasteiger partial charge in [0.2, 0.25) is 0 Å². The minimum absolute atomic E-state index is 0.175. The number of benzene rings is 1. The highest BCUT2D eigenvalue weighted by atomic mass is 31.2. The van der Waals surface area contributed by atoms with Gasteiger partial charge in [0.05, 0.1) is 6.61 Å². The van der Waals surface area contributed by atoms with Gasteiger partial charge in [-0.3, -0.25) is 4.57 Å². The molecule has 0 aliphatic heterocycles. The zero-order valence-electron chi connectivity index (χ0n) is 7.96. The van der Waals surface area contributed by atoms with Crippen molar-refractivity contribution < 1.29 is 14.0 Å². The first-order chi connectivity index (χ1) is 6.58. The molecule has 0 radical (unpaired) electrons. The molecule has 0 spiro atoms. The Labute approximate surface area is 83.2 Å². The van der Waals surface area contributed by atoms with E-state index in [1.54, 1.807) is 31.2 Å². The van der Waals surface area contributed by atoms with Gasteiger partial charge in [-0.05, 0) is 12.5 Å². The molecule has 0 amide bonds. The zero-order valence-corrected chi connectivity index (χ0v) is 8.85. The zero-order chi connectivity index (χ0) is 10.6. The monoisotopic (exact) mass is 215 g/mol. The van der Waals surface area contributed by atoms with Crippen molar-refractivity contribution in [2.24, 2.45) is 5.73 Å². The minimum Gasteiger partial charge on any atom is -0.323 e. The Morgan fingerprint density at radius 1 is 1.50 bits per heavy atom. The minimum atomic E-state index is -3.73. The summed E-state index contributed by atoms with van der Waals surface area (Å²) in [6, 6.07) is 8.75. The molecular formula is C9H14NO3P. The molecule has 78 valence electrons. The van der Waals surface area contributed by atoms with Crippen LogP contribution in [0.1, 0.15) is 18.3 Å². The van der Waals surface area contributed by atoms with Crippen LogP contribution in [0.4, 0.5) is 0 Å². The normalized spacial score (nSPS) is 17.4. The fourth-order valence-electron chi connectivity index (χ4n) is 1.10. The van der Waals surface area contributed by atoms with Gasteiger partial charge in [0, 0.05) is 0 Å². The molecule has 1 aromatic rings. The van der Waals surface area contributed by atoms with E-state index in [-0.39, 0.29) is 6.61 Å². The quantitative estimate of drug-likeness (QED) is 0.752. The number of rotatable bonds is 4. The third-order valence-electron chi connectivity index (χ3n) is 1.81. The maximum atomic E-state index is 11.5. The van der Waals surface area contributed by atoms with E-state index in [0.29, 0.717) is 5.56 Å². The molecule has 0 fully saturated rings. The molecule has 0 saturated carbocycles. The molecule has 14 heavy (non-hydrogen) atoms. The molecule has 0 aliphatic carbocycles. The van der Waals surface area contributed by atoms with Gasteiger partial charge in [-0.2, -0.15) is 0 Å². The third kappa shape index (κ3) is 2.66. The van der Waals surface area contributed by atoms with Crippen molar-refractivity contribution >= 4 is 7.60 Å². The lowest BCUT2D eigenvalue weighted by atomic mass is 10.2. The Morgan fingerprint density at radius 3 is 2.57 bits per heavy atom. The van der Waals surface area contributed by atoms with Crippen LogP contribution in [-0.2, 0) is 9.09 Å². The number of nitrogens with two attached hydrogens (primary N) is 1. The number of hydrogen-bond donors (Lipinski definition) is 2. The summed E-state index contributed by atoms with van der Waals surface area (Å²) in [6.45, 7) is 1.83. The summed E-state index contributed by atoms with van der Waals surface area (Å²) in [7, 11) is -3.73. The summed E-state index contributed by atoms with van der Waals surface area (Å²) in [5, 5.41) is 0. The molecule has 0 bridgehead atoms. The smallest absolute Gasteiger partial charge is 0.323 e. The average molecular weight is 215 g/mol. The van der Waals surface area contributed by atoms with E-state index in [1.807, 2.05) is 6.07 Å². The van der Waals surface area contributed by atoms with E-state index in [4.69, 9.17) is 10.3 Å². The predicted octanol–water partition coefficient (Wildman–Crippen LogP) is 1.87. The van der Waals surface area contributed by atoms with Crippen LogP contribution in [-0.4, -0.2) is 11.5 Å². The first kappa shape index (κ1) is 11.4. The van der Waals surface area contributed by atoms with E-state index in [0.717, 1.165) is 0 Å². The van der Waals surface area contributed by atoms with Crippen LogP contribution in [0, 0.1) is 0 Å². The molecule has 1 rings (SSSR count). The first-order valence-electron chi connectivity index (χ1n) is 4.35. The molecule has 2 atom stereocenters. The fourth-order valence-corrected chi connectivity index (χ4v) is 2.18. The molecule has 0 saturated heterocycles. The molecule has 0 heterocycles. The lowest BCUT2D eigenvalue weighted by Crippen LogP contribution is -2.12. The standard InChI is InChI=1S/C9H14NO3P/c1-2-13-14(11,12)9(10)8-6-4-3-5-7-8/h3-7,9H,2,10H2,1H3,(H,11,12). The van der Waals surface area contributed by atoms with Crippen molar-refractivity contribution in [2.75, 3.05) is 6.61 Å². The summed E-state index contributed by atoms with van der Waals surface area (Å²) in [4.78, 5) is 9.44. The van der Waals surface area contributed by atoms with Crippen molar-refractivity contribution in [3.63, 3.8) is 0 Å². The molecule has 4 nitrogen and oxygen atoms in total. The second-order valence-corrected chi connectivity index (χ2v) is 4.78. The summed E-state index contributed by atoms with van der Waals surface area (Å²) < 4.78 is 16.3. The molecule has 1 aromatic carbocycles. The summed E-state index contributed by atoms with van der Waals surface area (Å²) in [6.07, 6.45) is 0. The lowest BCUT2D eigenvalue weighted by Gasteiger charge is -2.18. The van der Waals surface area contributed by atoms with Crippen molar-refractivity contribution in [2.45, 2.75) is 12.7 Å². The van der Waals surface area contributed by atoms with E-state index < -0.39 is 13.4 Å². The Bertz CT molecular complexity index is 328. The first-order valence-corrected chi connectivity index (χ1v) is 6.00. The average Bonchev–Trinajstić information content (AvgIpc) is 2.18. The van der Waals surface area contributed by atoms with Gasteiger partial charge in [0.25, 0.3) is 0 Å². The van der Waals surface area contributed by atoms with Crippen LogP contribution in [0.25, 0.3) is 0 Å². The van der Waals surface area contributed by atoms with Gasteiger partial charge in [0.15, 0.2) is 0 Å². The largest absolute Gasteiger partial charge is 0.349 e. The predicted molar refractivity (Wildman–Crippen MR) is 54.8 cm³/mol. The summed E-state index contributed by atoms with van der Waals surface area (Å²) in [5.74, 6) is -0.969. The van der Waals surface area contributed by atoms with Crippen molar-refractivity contribution in [3.8, 4) is 0 Å². The van der Waals surface area contributed by atoms with Gasteiger partial charge in [-0.1, -0.05) is 30.3 Å². The van der Waals surface area contributed by atoms with Crippen LogP contribution >= 0.6 is 7.60 Å². The Kier molecular flexibility index (Phi) is 3.84. The maximum absolute atomic E-state index is 11.5. The highest BCUT2D eigenvalue weighted by molar-refractivity contribution is 7.53. The Morgan fingerprint density at radius 2 is 2.07 bits per heavy atom. The topological polar surface area (TPSA) is 72.5 Å². The molecule has 2 unspecified atom stereocenters. The third-order valence-corrected chi connectivity index (χ3v) is 3.44. The second-order valence-electron chi connectivity index (χ2n) is 2.84. The fraction of sp³-hybridized carbons (Fsp3) is 0.333. The maximum Gasteiger partial charge on any atom is 0.349 e. The Balaban J connectivity index is 2.85. The van der Waals surface area contributed by atoms with Crippen LogP contribution < -0.4 is 5.73 Å². The highest BCUT2D eigenvalue weighted by Crippen LogP contribution is 2.53. The molecular weight excluding hydrogens is 201 g/mol. The van der Waals surface area contributed by atoms with Gasteiger partial charge >= 0.3 is 7.60 Å². The summed E-state index contributed by atoms with van der Waals surface area (Å²) in [5.41, 5.74) is 6.22. The lowest BCUT2D eigenvalue weighted by molar-refractivity contribution is 0.265. The van der Waals surface area contributed by atoms with Gasteiger partial charge < -0.3 is 15.2 Å². The van der Waals surface area contributed by atoms with Gasteiger partial charge in [0.1, 0.15) is 5.78 Å². The SMILES string of the molecule is CCOP(=O)(O)C(N)c1ccccc1. The van der Waals surface area contributed by atoms with E-state index >= 15 is 0 Å².